The van der Waals surface area contributed by atoms with Gasteiger partial charge in [-0.3, -0.25) is 0 Å². The Labute approximate surface area is 201 Å². The zero-order chi connectivity index (χ0) is 23.3. The fourth-order valence-corrected chi connectivity index (χ4v) is 7.65. The largest absolute Gasteiger partial charge is 0.218 e. The normalized spacial score (nSPS) is 12.8. The van der Waals surface area contributed by atoms with E-state index in [0.717, 1.165) is 64.6 Å². The molecule has 3 heteroatoms. The van der Waals surface area contributed by atoms with Crippen LogP contribution in [0.3, 0.4) is 0 Å². The Morgan fingerprint density at radius 2 is 0.657 bits per heavy atom. The van der Waals surface area contributed by atoms with E-state index >= 15 is 0 Å². The average molecular weight is 467 g/mol. The zero-order valence-electron chi connectivity index (χ0n) is 18.6. The second kappa shape index (κ2) is 6.47. The minimum Gasteiger partial charge on any atom is -0.218 e. The van der Waals surface area contributed by atoms with Crippen LogP contribution in [0.1, 0.15) is 0 Å². The Bertz CT molecular complexity index is 2040. The van der Waals surface area contributed by atoms with Gasteiger partial charge in [-0.25, -0.2) is 8.42 Å². The van der Waals surface area contributed by atoms with Gasteiger partial charge in [0.15, 0.2) is 0 Å². The Hall–Kier alpha value is -4.21. The van der Waals surface area contributed by atoms with Crippen LogP contribution in [0.4, 0.5) is 0 Å². The van der Waals surface area contributed by atoms with E-state index in [1.807, 2.05) is 48.5 Å². The zero-order valence-corrected chi connectivity index (χ0v) is 19.4. The topological polar surface area (TPSA) is 34.1 Å². The molecule has 8 aromatic rings. The van der Waals surface area contributed by atoms with Crippen LogP contribution in [0.5, 0.6) is 0 Å². The van der Waals surface area contributed by atoms with Crippen molar-refractivity contribution in [3.63, 3.8) is 0 Å². The van der Waals surface area contributed by atoms with Crippen LogP contribution in [0.25, 0.3) is 64.6 Å². The maximum absolute atomic E-state index is 14.3. The van der Waals surface area contributed by atoms with Gasteiger partial charge >= 0.3 is 0 Å². The van der Waals surface area contributed by atoms with Crippen LogP contribution < -0.4 is 0 Å². The summed E-state index contributed by atoms with van der Waals surface area (Å²) in [5.41, 5.74) is 0. The van der Waals surface area contributed by atoms with Crippen molar-refractivity contribution in [1.82, 2.24) is 0 Å². The maximum Gasteiger partial charge on any atom is 0.207 e. The molecule has 0 bridgehead atoms. The lowest BCUT2D eigenvalue weighted by Crippen LogP contribution is -2.04. The van der Waals surface area contributed by atoms with Gasteiger partial charge in [0, 0.05) is 10.8 Å². The second-order valence-corrected chi connectivity index (χ2v) is 11.2. The Kier molecular flexibility index (Phi) is 3.54. The van der Waals surface area contributed by atoms with E-state index in [0.29, 0.717) is 9.79 Å². The van der Waals surface area contributed by atoms with Gasteiger partial charge in [-0.15, -0.1) is 0 Å². The van der Waals surface area contributed by atoms with E-state index in [9.17, 15) is 8.42 Å². The quantitative estimate of drug-likeness (QED) is 0.240. The summed E-state index contributed by atoms with van der Waals surface area (Å²) in [7, 11) is -3.79. The fourth-order valence-electron chi connectivity index (χ4n) is 6.00. The smallest absolute Gasteiger partial charge is 0.207 e. The van der Waals surface area contributed by atoms with Gasteiger partial charge in [0.25, 0.3) is 0 Å². The van der Waals surface area contributed by atoms with Crippen LogP contribution in [0.2, 0.25) is 0 Å². The van der Waals surface area contributed by atoms with Gasteiger partial charge in [0.1, 0.15) is 0 Å². The molecule has 0 saturated carbocycles. The SMILES string of the molecule is O=S(=O)(c1ccc2ccc3cccc4ccc1c2c34)c1ccc2ccc3cccc4ccc1c2c34. The Balaban J connectivity index is 1.50. The summed E-state index contributed by atoms with van der Waals surface area (Å²) in [5.74, 6) is 0. The van der Waals surface area contributed by atoms with Gasteiger partial charge in [0.2, 0.25) is 9.84 Å². The number of hydrogen-bond acceptors (Lipinski definition) is 2. The molecule has 8 aromatic carbocycles. The van der Waals surface area contributed by atoms with Gasteiger partial charge in [-0.05, 0) is 66.0 Å². The lowest BCUT2D eigenvalue weighted by atomic mass is 9.94. The minimum absolute atomic E-state index is 0.360. The first-order chi connectivity index (χ1) is 17.1. The van der Waals surface area contributed by atoms with E-state index in [2.05, 4.69) is 48.5 Å². The van der Waals surface area contributed by atoms with Crippen molar-refractivity contribution in [3.8, 4) is 0 Å². The molecule has 0 heterocycles. The van der Waals surface area contributed by atoms with Crippen LogP contribution in [-0.4, -0.2) is 8.42 Å². The molecule has 0 radical (unpaired) electrons. The molecule has 0 aliphatic heterocycles. The summed E-state index contributed by atoms with van der Waals surface area (Å²) < 4.78 is 28.7. The third-order valence-corrected chi connectivity index (χ3v) is 9.43. The van der Waals surface area contributed by atoms with E-state index in [4.69, 9.17) is 0 Å². The molecule has 164 valence electrons. The third-order valence-electron chi connectivity index (χ3n) is 7.56. The highest BCUT2D eigenvalue weighted by atomic mass is 32.2. The first kappa shape index (κ1) is 19.1. The molecule has 0 aliphatic carbocycles. The monoisotopic (exact) mass is 466 g/mol. The molecule has 0 fully saturated rings. The number of hydrogen-bond donors (Lipinski definition) is 0. The van der Waals surface area contributed by atoms with E-state index in [-0.39, 0.29) is 0 Å². The van der Waals surface area contributed by atoms with Gasteiger partial charge in [-0.1, -0.05) is 97.1 Å². The van der Waals surface area contributed by atoms with Crippen LogP contribution in [-0.2, 0) is 9.84 Å². The second-order valence-electron chi connectivity index (χ2n) is 9.34. The standard InChI is InChI=1S/C32H18O2S/c33-35(34,27-17-13-23-9-7-19-3-1-5-21-11-15-25(27)31(23)29(19)21)28-18-14-24-10-8-20-4-2-6-22-12-16-26(28)32(24)30(20)22/h1-18H. The molecular weight excluding hydrogens is 448 g/mol. The molecule has 35 heavy (non-hydrogen) atoms. The summed E-state index contributed by atoms with van der Waals surface area (Å²) in [6.07, 6.45) is 0. The van der Waals surface area contributed by atoms with Crippen molar-refractivity contribution >= 4 is 74.5 Å². The van der Waals surface area contributed by atoms with Crippen molar-refractivity contribution < 1.29 is 8.42 Å². The molecule has 0 aromatic heterocycles. The van der Waals surface area contributed by atoms with E-state index < -0.39 is 9.84 Å². The summed E-state index contributed by atoms with van der Waals surface area (Å²) >= 11 is 0. The molecule has 0 saturated heterocycles. The molecule has 0 amide bonds. The molecule has 0 atom stereocenters. The first-order valence-electron chi connectivity index (χ1n) is 11.7. The summed E-state index contributed by atoms with van der Waals surface area (Å²) in [6.45, 7) is 0. The highest BCUT2D eigenvalue weighted by molar-refractivity contribution is 7.92. The van der Waals surface area contributed by atoms with Crippen molar-refractivity contribution in [2.24, 2.45) is 0 Å². The fraction of sp³-hybridized carbons (Fsp3) is 0. The lowest BCUT2D eigenvalue weighted by Gasteiger charge is -2.17. The summed E-state index contributed by atoms with van der Waals surface area (Å²) in [4.78, 5) is 0.719. The third kappa shape index (κ3) is 2.41. The molecule has 8 rings (SSSR count). The molecule has 0 unspecified atom stereocenters. The molecular formula is C32H18O2S. The predicted molar refractivity (Wildman–Crippen MR) is 146 cm³/mol. The Morgan fingerprint density at radius 3 is 1.06 bits per heavy atom. The van der Waals surface area contributed by atoms with Crippen LogP contribution >= 0.6 is 0 Å². The highest BCUT2D eigenvalue weighted by Crippen LogP contribution is 2.42. The van der Waals surface area contributed by atoms with Gasteiger partial charge in [-0.2, -0.15) is 0 Å². The molecule has 0 aliphatic rings. The summed E-state index contributed by atoms with van der Waals surface area (Å²) in [5, 5.41) is 12.4. The van der Waals surface area contributed by atoms with Crippen molar-refractivity contribution in [3.05, 3.63) is 109 Å². The van der Waals surface area contributed by atoms with Crippen LogP contribution in [0, 0.1) is 0 Å². The van der Waals surface area contributed by atoms with Crippen molar-refractivity contribution in [1.29, 1.82) is 0 Å². The first-order valence-corrected chi connectivity index (χ1v) is 13.2. The summed E-state index contributed by atoms with van der Waals surface area (Å²) in [6, 6.07) is 36.2. The number of rotatable bonds is 2. The Morgan fingerprint density at radius 1 is 0.343 bits per heavy atom. The van der Waals surface area contributed by atoms with Gasteiger partial charge < -0.3 is 0 Å². The van der Waals surface area contributed by atoms with Crippen LogP contribution in [0.15, 0.2) is 119 Å². The lowest BCUT2D eigenvalue weighted by molar-refractivity contribution is 0.598. The number of benzene rings is 8. The molecule has 0 N–H and O–H groups in total. The molecule has 2 nitrogen and oxygen atoms in total. The van der Waals surface area contributed by atoms with Crippen molar-refractivity contribution in [2.45, 2.75) is 9.79 Å². The number of sulfone groups is 1. The van der Waals surface area contributed by atoms with E-state index in [1.54, 1.807) is 12.1 Å². The van der Waals surface area contributed by atoms with Crippen molar-refractivity contribution in [2.75, 3.05) is 0 Å². The highest BCUT2D eigenvalue weighted by Gasteiger charge is 2.25. The van der Waals surface area contributed by atoms with E-state index in [1.165, 1.54) is 0 Å². The maximum atomic E-state index is 14.3. The van der Waals surface area contributed by atoms with Gasteiger partial charge in [0.05, 0.1) is 9.79 Å². The predicted octanol–water partition coefficient (Wildman–Crippen LogP) is 8.31. The molecule has 0 spiro atoms. The average Bonchev–Trinajstić information content (AvgIpc) is 2.90. The minimum atomic E-state index is -3.79.